The van der Waals surface area contributed by atoms with Gasteiger partial charge in [0.1, 0.15) is 0 Å². The molecule has 0 radical (unpaired) electrons. The highest BCUT2D eigenvalue weighted by atomic mass is 127. The molecule has 4 N–H and O–H groups in total. The van der Waals surface area contributed by atoms with Gasteiger partial charge in [-0.1, -0.05) is 18.2 Å². The highest BCUT2D eigenvalue weighted by Gasteiger charge is 2.28. The average Bonchev–Trinajstić information content (AvgIpc) is 2.46. The van der Waals surface area contributed by atoms with Crippen LogP contribution in [0.5, 0.6) is 0 Å². The largest absolute Gasteiger partial charge is 0.370 e. The predicted molar refractivity (Wildman–Crippen MR) is 97.6 cm³/mol. The van der Waals surface area contributed by atoms with E-state index in [0.29, 0.717) is 18.7 Å². The van der Waals surface area contributed by atoms with Crippen molar-refractivity contribution in [1.82, 2.24) is 9.21 Å². The molecular formula is C13H22IN5O2S. The molecule has 1 aromatic rings. The normalized spacial score (nSPS) is 16.8. The second-order valence-corrected chi connectivity index (χ2v) is 6.96. The standard InChI is InChI=1S/C13H21N5O2S.HI/c1-17-6-8-18(9-7-17)21(19,20)12-5-3-2-4-11(12)10-16-13(14)15;/h2-5H,6-10H2,1H3,(H4,14,15,16);1H. The Bertz CT molecular complexity index is 623. The summed E-state index contributed by atoms with van der Waals surface area (Å²) in [6.45, 7) is 2.61. The van der Waals surface area contributed by atoms with Crippen LogP contribution in [0, 0.1) is 0 Å². The third kappa shape index (κ3) is 4.54. The highest BCUT2D eigenvalue weighted by molar-refractivity contribution is 14.0. The molecule has 22 heavy (non-hydrogen) atoms. The molecule has 2 rings (SSSR count). The van der Waals surface area contributed by atoms with E-state index in [0.717, 1.165) is 13.1 Å². The molecule has 1 aliphatic rings. The van der Waals surface area contributed by atoms with Gasteiger partial charge >= 0.3 is 0 Å². The van der Waals surface area contributed by atoms with Crippen molar-refractivity contribution >= 4 is 40.0 Å². The lowest BCUT2D eigenvalue weighted by Crippen LogP contribution is -2.47. The van der Waals surface area contributed by atoms with E-state index >= 15 is 0 Å². The number of aliphatic imine (C=N–C) groups is 1. The number of nitrogens with zero attached hydrogens (tertiary/aromatic N) is 3. The number of likely N-dealkylation sites (N-methyl/N-ethyl adjacent to an activating group) is 1. The lowest BCUT2D eigenvalue weighted by molar-refractivity contribution is 0.222. The minimum absolute atomic E-state index is 0. The molecule has 1 aromatic carbocycles. The first-order chi connectivity index (χ1) is 9.91. The number of sulfonamides is 1. The Hall–Kier alpha value is -0.910. The van der Waals surface area contributed by atoms with Crippen LogP contribution in [0.15, 0.2) is 34.2 Å². The lowest BCUT2D eigenvalue weighted by Gasteiger charge is -2.31. The molecule has 9 heteroatoms. The number of benzene rings is 1. The first-order valence-corrected chi connectivity index (χ1v) is 8.17. The van der Waals surface area contributed by atoms with Gasteiger partial charge in [0.15, 0.2) is 5.96 Å². The van der Waals surface area contributed by atoms with Gasteiger partial charge in [0.2, 0.25) is 10.0 Å². The first kappa shape index (κ1) is 19.1. The third-order valence-electron chi connectivity index (χ3n) is 3.48. The number of halogens is 1. The van der Waals surface area contributed by atoms with E-state index in [-0.39, 0.29) is 41.4 Å². The maximum Gasteiger partial charge on any atom is 0.243 e. The van der Waals surface area contributed by atoms with Crippen LogP contribution in [0.25, 0.3) is 0 Å². The molecule has 1 saturated heterocycles. The summed E-state index contributed by atoms with van der Waals surface area (Å²) in [4.78, 5) is 6.29. The summed E-state index contributed by atoms with van der Waals surface area (Å²) in [5.74, 6) is -0.0539. The van der Waals surface area contributed by atoms with Crippen LogP contribution in [0.2, 0.25) is 0 Å². The number of guanidine groups is 1. The van der Waals surface area contributed by atoms with E-state index in [1.165, 1.54) is 4.31 Å². The molecule has 1 fully saturated rings. The fraction of sp³-hybridized carbons (Fsp3) is 0.462. The van der Waals surface area contributed by atoms with Gasteiger partial charge in [0.25, 0.3) is 0 Å². The minimum atomic E-state index is -3.51. The molecule has 0 saturated carbocycles. The van der Waals surface area contributed by atoms with Gasteiger partial charge in [-0.2, -0.15) is 4.31 Å². The number of piperazine rings is 1. The number of nitrogens with two attached hydrogens (primary N) is 2. The molecule has 0 aliphatic carbocycles. The molecular weight excluding hydrogens is 417 g/mol. The monoisotopic (exact) mass is 439 g/mol. The van der Waals surface area contributed by atoms with E-state index < -0.39 is 10.0 Å². The molecule has 0 amide bonds. The summed E-state index contributed by atoms with van der Waals surface area (Å²) in [7, 11) is -1.53. The zero-order valence-electron chi connectivity index (χ0n) is 12.5. The average molecular weight is 439 g/mol. The summed E-state index contributed by atoms with van der Waals surface area (Å²) in [5, 5.41) is 0. The van der Waals surface area contributed by atoms with E-state index in [4.69, 9.17) is 11.5 Å². The van der Waals surface area contributed by atoms with Crippen molar-refractivity contribution < 1.29 is 8.42 Å². The summed E-state index contributed by atoms with van der Waals surface area (Å²) < 4.78 is 27.0. The summed E-state index contributed by atoms with van der Waals surface area (Å²) in [6, 6.07) is 6.82. The summed E-state index contributed by atoms with van der Waals surface area (Å²) in [5.41, 5.74) is 11.2. The molecule has 1 aliphatic heterocycles. The van der Waals surface area contributed by atoms with Gasteiger partial charge in [-0.15, -0.1) is 24.0 Å². The summed E-state index contributed by atoms with van der Waals surface area (Å²) >= 11 is 0. The van der Waals surface area contributed by atoms with Gasteiger partial charge < -0.3 is 16.4 Å². The Kier molecular flexibility index (Phi) is 7.03. The van der Waals surface area contributed by atoms with Crippen molar-refractivity contribution in [3.63, 3.8) is 0 Å². The van der Waals surface area contributed by atoms with Gasteiger partial charge in [-0.3, -0.25) is 0 Å². The number of hydrogen-bond acceptors (Lipinski definition) is 4. The van der Waals surface area contributed by atoms with Gasteiger partial charge in [0.05, 0.1) is 11.4 Å². The van der Waals surface area contributed by atoms with Crippen LogP contribution >= 0.6 is 24.0 Å². The minimum Gasteiger partial charge on any atom is -0.370 e. The topological polar surface area (TPSA) is 105 Å². The van der Waals surface area contributed by atoms with Crippen molar-refractivity contribution in [3.8, 4) is 0 Å². The van der Waals surface area contributed by atoms with Crippen molar-refractivity contribution in [2.45, 2.75) is 11.4 Å². The zero-order chi connectivity index (χ0) is 15.5. The Morgan fingerprint density at radius 2 is 1.77 bits per heavy atom. The lowest BCUT2D eigenvalue weighted by atomic mass is 10.2. The van der Waals surface area contributed by atoms with Gasteiger partial charge in [0, 0.05) is 26.2 Å². The molecule has 0 aromatic heterocycles. The molecule has 1 heterocycles. The third-order valence-corrected chi connectivity index (χ3v) is 5.48. The zero-order valence-corrected chi connectivity index (χ0v) is 15.6. The second-order valence-electron chi connectivity index (χ2n) is 5.06. The molecule has 0 atom stereocenters. The fourth-order valence-corrected chi connectivity index (χ4v) is 3.87. The van der Waals surface area contributed by atoms with E-state index in [1.54, 1.807) is 24.3 Å². The van der Waals surface area contributed by atoms with Crippen LogP contribution in [-0.2, 0) is 16.6 Å². The number of hydrogen-bond donors (Lipinski definition) is 2. The second kappa shape index (κ2) is 8.09. The first-order valence-electron chi connectivity index (χ1n) is 6.73. The highest BCUT2D eigenvalue weighted by Crippen LogP contribution is 2.22. The molecule has 0 unspecified atom stereocenters. The fourth-order valence-electron chi connectivity index (χ4n) is 2.23. The Morgan fingerprint density at radius 3 is 2.36 bits per heavy atom. The van der Waals surface area contributed by atoms with Crippen LogP contribution in [0.3, 0.4) is 0 Å². The van der Waals surface area contributed by atoms with Crippen molar-refractivity contribution in [3.05, 3.63) is 29.8 Å². The molecule has 0 bridgehead atoms. The van der Waals surface area contributed by atoms with Crippen LogP contribution in [0.4, 0.5) is 0 Å². The maximum absolute atomic E-state index is 12.8. The molecule has 0 spiro atoms. The van der Waals surface area contributed by atoms with Crippen molar-refractivity contribution in [1.29, 1.82) is 0 Å². The maximum atomic E-state index is 12.8. The Balaban J connectivity index is 0.00000242. The van der Waals surface area contributed by atoms with Crippen LogP contribution in [0.1, 0.15) is 5.56 Å². The smallest absolute Gasteiger partial charge is 0.243 e. The van der Waals surface area contributed by atoms with Gasteiger partial charge in [-0.25, -0.2) is 13.4 Å². The quantitative estimate of drug-likeness (QED) is 0.391. The van der Waals surface area contributed by atoms with E-state index in [2.05, 4.69) is 9.89 Å². The molecule has 124 valence electrons. The SMILES string of the molecule is CN1CCN(S(=O)(=O)c2ccccc2CN=C(N)N)CC1.I. The van der Waals surface area contributed by atoms with E-state index in [1.807, 2.05) is 7.05 Å². The Labute approximate surface area is 148 Å². The Morgan fingerprint density at radius 1 is 1.18 bits per heavy atom. The number of rotatable bonds is 4. The van der Waals surface area contributed by atoms with Crippen LogP contribution in [-0.4, -0.2) is 56.8 Å². The summed E-state index contributed by atoms with van der Waals surface area (Å²) in [6.07, 6.45) is 0. The predicted octanol–water partition coefficient (Wildman–Crippen LogP) is 0.0141. The van der Waals surface area contributed by atoms with Crippen molar-refractivity contribution in [2.24, 2.45) is 16.5 Å². The van der Waals surface area contributed by atoms with Crippen molar-refractivity contribution in [2.75, 3.05) is 33.2 Å². The molecule has 7 nitrogen and oxygen atoms in total. The van der Waals surface area contributed by atoms with E-state index in [9.17, 15) is 8.42 Å². The van der Waals surface area contributed by atoms with Crippen LogP contribution < -0.4 is 11.5 Å². The van der Waals surface area contributed by atoms with Gasteiger partial charge in [-0.05, 0) is 18.7 Å².